The van der Waals surface area contributed by atoms with E-state index in [-0.39, 0.29) is 11.4 Å². The first-order valence-electron chi connectivity index (χ1n) is 5.82. The van der Waals surface area contributed by atoms with Crippen LogP contribution in [0.15, 0.2) is 23.2 Å². The van der Waals surface area contributed by atoms with Gasteiger partial charge >= 0.3 is 6.09 Å². The van der Waals surface area contributed by atoms with Crippen LogP contribution in [-0.4, -0.2) is 17.5 Å². The molecule has 2 aliphatic heterocycles. The molecule has 5 nitrogen and oxygen atoms in total. The summed E-state index contributed by atoms with van der Waals surface area (Å²) in [6.45, 7) is 4.05. The van der Waals surface area contributed by atoms with Gasteiger partial charge in [-0.3, -0.25) is 0 Å². The van der Waals surface area contributed by atoms with Crippen molar-refractivity contribution in [1.82, 2.24) is 0 Å². The standard InChI is InChI=1S/C13H14N2O3/c1-13(2)6-7-4-3-5-8(9(7)18-13)10-11(14)15-12(16)17-10/h3-5,10H,6H2,1-2H3,(H2,14,15,16). The second-order valence-electron chi connectivity index (χ2n) is 5.17. The third-order valence-electron chi connectivity index (χ3n) is 3.11. The van der Waals surface area contributed by atoms with E-state index >= 15 is 0 Å². The zero-order valence-corrected chi connectivity index (χ0v) is 10.3. The number of nitrogens with zero attached hydrogens (tertiary/aromatic N) is 1. The number of ether oxygens (including phenoxy) is 2. The van der Waals surface area contributed by atoms with Crippen molar-refractivity contribution in [2.75, 3.05) is 0 Å². The summed E-state index contributed by atoms with van der Waals surface area (Å²) in [6.07, 6.45) is -0.442. The van der Waals surface area contributed by atoms with Crippen molar-refractivity contribution in [2.24, 2.45) is 10.7 Å². The molecule has 5 heteroatoms. The number of amides is 1. The minimum atomic E-state index is -0.646. The lowest BCUT2D eigenvalue weighted by Crippen LogP contribution is -2.25. The molecule has 2 heterocycles. The number of cyclic esters (lactones) is 1. The van der Waals surface area contributed by atoms with Crippen molar-refractivity contribution in [2.45, 2.75) is 32.0 Å². The highest BCUT2D eigenvalue weighted by molar-refractivity contribution is 5.99. The number of fused-ring (bicyclic) bond motifs is 1. The van der Waals surface area contributed by atoms with E-state index in [4.69, 9.17) is 15.2 Å². The van der Waals surface area contributed by atoms with Crippen LogP contribution in [0.2, 0.25) is 0 Å². The molecule has 0 saturated carbocycles. The Labute approximate surface area is 105 Å². The predicted molar refractivity (Wildman–Crippen MR) is 65.7 cm³/mol. The van der Waals surface area contributed by atoms with E-state index in [9.17, 15) is 4.79 Å². The van der Waals surface area contributed by atoms with Gasteiger partial charge in [-0.25, -0.2) is 4.79 Å². The van der Waals surface area contributed by atoms with Gasteiger partial charge in [0.2, 0.25) is 0 Å². The molecule has 0 spiro atoms. The summed E-state index contributed by atoms with van der Waals surface area (Å²) in [7, 11) is 0. The molecule has 1 aromatic rings. The molecule has 0 bridgehead atoms. The van der Waals surface area contributed by atoms with E-state index < -0.39 is 12.2 Å². The predicted octanol–water partition coefficient (Wildman–Crippen LogP) is 1.95. The van der Waals surface area contributed by atoms with E-state index in [1.165, 1.54) is 0 Å². The number of hydrogen-bond acceptors (Lipinski definition) is 4. The number of aliphatic imine (C=N–C) groups is 1. The molecular weight excluding hydrogens is 232 g/mol. The Bertz CT molecular complexity index is 563. The molecule has 0 saturated heterocycles. The van der Waals surface area contributed by atoms with Crippen LogP contribution in [0.4, 0.5) is 4.79 Å². The minimum absolute atomic E-state index is 0.182. The minimum Gasteiger partial charge on any atom is -0.487 e. The zero-order valence-electron chi connectivity index (χ0n) is 10.3. The molecule has 0 radical (unpaired) electrons. The average Bonchev–Trinajstić information content (AvgIpc) is 2.75. The summed E-state index contributed by atoms with van der Waals surface area (Å²) in [5.74, 6) is 0.946. The molecule has 94 valence electrons. The Hall–Kier alpha value is -2.04. The van der Waals surface area contributed by atoms with Gasteiger partial charge in [0, 0.05) is 12.0 Å². The number of nitrogens with two attached hydrogens (primary N) is 1. The maximum atomic E-state index is 11.1. The van der Waals surface area contributed by atoms with E-state index in [1.807, 2.05) is 32.0 Å². The fraction of sp³-hybridized carbons (Fsp3) is 0.385. The van der Waals surface area contributed by atoms with E-state index in [2.05, 4.69) is 4.99 Å². The third-order valence-corrected chi connectivity index (χ3v) is 3.11. The van der Waals surface area contributed by atoms with Gasteiger partial charge in [-0.1, -0.05) is 18.2 Å². The van der Waals surface area contributed by atoms with Crippen LogP contribution in [0.5, 0.6) is 5.75 Å². The first-order valence-corrected chi connectivity index (χ1v) is 5.82. The lowest BCUT2D eigenvalue weighted by Gasteiger charge is -2.19. The average molecular weight is 246 g/mol. The topological polar surface area (TPSA) is 73.9 Å². The van der Waals surface area contributed by atoms with Crippen LogP contribution >= 0.6 is 0 Å². The molecule has 1 atom stereocenters. The maximum absolute atomic E-state index is 11.1. The van der Waals surface area contributed by atoms with Crippen LogP contribution in [0, 0.1) is 0 Å². The lowest BCUT2D eigenvalue weighted by atomic mass is 9.99. The number of benzene rings is 1. The van der Waals surface area contributed by atoms with Gasteiger partial charge in [-0.05, 0) is 19.4 Å². The molecule has 0 fully saturated rings. The highest BCUT2D eigenvalue weighted by Gasteiger charge is 2.37. The second-order valence-corrected chi connectivity index (χ2v) is 5.17. The van der Waals surface area contributed by atoms with E-state index in [1.54, 1.807) is 0 Å². The van der Waals surface area contributed by atoms with Crippen molar-refractivity contribution < 1.29 is 14.3 Å². The van der Waals surface area contributed by atoms with Crippen LogP contribution in [0.25, 0.3) is 0 Å². The zero-order chi connectivity index (χ0) is 12.9. The van der Waals surface area contributed by atoms with Gasteiger partial charge in [0.25, 0.3) is 0 Å². The number of carbonyl (C=O) groups excluding carboxylic acids is 1. The largest absolute Gasteiger partial charge is 0.487 e. The monoisotopic (exact) mass is 246 g/mol. The summed E-state index contributed by atoms with van der Waals surface area (Å²) < 4.78 is 11.0. The fourth-order valence-corrected chi connectivity index (χ4v) is 2.42. The Kier molecular flexibility index (Phi) is 2.14. The summed E-state index contributed by atoms with van der Waals surface area (Å²) >= 11 is 0. The Morgan fingerprint density at radius 1 is 1.44 bits per heavy atom. The SMILES string of the molecule is CC1(C)Cc2cccc(C3OC(=O)N=C3N)c2O1. The Balaban J connectivity index is 2.04. The molecule has 18 heavy (non-hydrogen) atoms. The Morgan fingerprint density at radius 3 is 2.89 bits per heavy atom. The fourth-order valence-electron chi connectivity index (χ4n) is 2.42. The summed E-state index contributed by atoms with van der Waals surface area (Å²) in [6, 6.07) is 5.78. The first kappa shape index (κ1) is 11.1. The number of rotatable bonds is 1. The Morgan fingerprint density at radius 2 is 2.22 bits per heavy atom. The lowest BCUT2D eigenvalue weighted by molar-refractivity contribution is 0.127. The third kappa shape index (κ3) is 1.63. The molecule has 0 aliphatic carbocycles. The number of hydrogen-bond donors (Lipinski definition) is 1. The number of carbonyl (C=O) groups is 1. The molecule has 1 amide bonds. The van der Waals surface area contributed by atoms with Gasteiger partial charge in [0.15, 0.2) is 11.9 Å². The van der Waals surface area contributed by atoms with Crippen molar-refractivity contribution >= 4 is 11.9 Å². The number of para-hydroxylation sites is 1. The van der Waals surface area contributed by atoms with Gasteiger partial charge in [0.05, 0.1) is 0 Å². The van der Waals surface area contributed by atoms with Crippen molar-refractivity contribution in [3.63, 3.8) is 0 Å². The smallest absolute Gasteiger partial charge is 0.436 e. The van der Waals surface area contributed by atoms with E-state index in [0.29, 0.717) is 0 Å². The van der Waals surface area contributed by atoms with Crippen LogP contribution in [-0.2, 0) is 11.2 Å². The molecule has 2 N–H and O–H groups in total. The quantitative estimate of drug-likeness (QED) is 0.821. The molecule has 2 aliphatic rings. The highest BCUT2D eigenvalue weighted by Crippen LogP contribution is 2.41. The van der Waals surface area contributed by atoms with Crippen molar-refractivity contribution in [3.8, 4) is 5.75 Å². The van der Waals surface area contributed by atoms with Gasteiger partial charge < -0.3 is 15.2 Å². The molecular formula is C13H14N2O3. The molecule has 1 unspecified atom stereocenters. The summed E-state index contributed by atoms with van der Waals surface area (Å²) in [5, 5.41) is 0. The van der Waals surface area contributed by atoms with Crippen molar-refractivity contribution in [1.29, 1.82) is 0 Å². The first-order chi connectivity index (χ1) is 8.46. The van der Waals surface area contributed by atoms with Crippen molar-refractivity contribution in [3.05, 3.63) is 29.3 Å². The van der Waals surface area contributed by atoms with Gasteiger partial charge in [0.1, 0.15) is 11.4 Å². The van der Waals surface area contributed by atoms with Gasteiger partial charge in [-0.15, -0.1) is 0 Å². The van der Waals surface area contributed by atoms with Gasteiger partial charge in [-0.2, -0.15) is 4.99 Å². The second kappa shape index (κ2) is 3.48. The highest BCUT2D eigenvalue weighted by atomic mass is 16.6. The molecule has 1 aromatic carbocycles. The normalized spacial score (nSPS) is 24.2. The summed E-state index contributed by atoms with van der Waals surface area (Å²) in [4.78, 5) is 14.7. The molecule has 0 aromatic heterocycles. The number of amidine groups is 1. The summed E-state index contributed by atoms with van der Waals surface area (Å²) in [5.41, 5.74) is 7.34. The van der Waals surface area contributed by atoms with Crippen LogP contribution < -0.4 is 10.5 Å². The molecule has 3 rings (SSSR count). The van der Waals surface area contributed by atoms with Crippen LogP contribution in [0.3, 0.4) is 0 Å². The van der Waals surface area contributed by atoms with Crippen LogP contribution in [0.1, 0.15) is 31.1 Å². The maximum Gasteiger partial charge on any atom is 0.436 e. The van der Waals surface area contributed by atoms with E-state index in [0.717, 1.165) is 23.3 Å².